The van der Waals surface area contributed by atoms with Gasteiger partial charge in [0, 0.05) is 0 Å². The summed E-state index contributed by atoms with van der Waals surface area (Å²) >= 11 is 4.78. The zero-order valence-electron chi connectivity index (χ0n) is 9.35. The van der Waals surface area contributed by atoms with Gasteiger partial charge in [-0.05, 0) is 39.9 Å². The Morgan fingerprint density at radius 2 is 1.69 bits per heavy atom. The second-order valence-electron chi connectivity index (χ2n) is 3.29. The highest BCUT2D eigenvalue weighted by Crippen LogP contribution is 2.03. The first-order valence-corrected chi connectivity index (χ1v) is 7.93. The Hall–Kier alpha value is 0.207. The maximum absolute atomic E-state index is 4.78. The molecule has 0 fully saturated rings. The summed E-state index contributed by atoms with van der Waals surface area (Å²) in [6.45, 7) is 4.93. The Morgan fingerprint density at radius 3 is 2.15 bits per heavy atom. The predicted octanol–water partition coefficient (Wildman–Crippen LogP) is 2.19. The van der Waals surface area contributed by atoms with Crippen LogP contribution < -0.4 is 0 Å². The van der Waals surface area contributed by atoms with E-state index in [1.807, 2.05) is 6.08 Å². The molecule has 0 aliphatic heterocycles. The van der Waals surface area contributed by atoms with E-state index in [2.05, 4.69) is 25.6 Å². The van der Waals surface area contributed by atoms with E-state index in [0.717, 1.165) is 9.55 Å². The Morgan fingerprint density at radius 1 is 1.15 bits per heavy atom. The van der Waals surface area contributed by atoms with E-state index in [0.29, 0.717) is 0 Å². The number of allylic oxidation sites excluding steroid dienone is 1. The third-order valence-corrected chi connectivity index (χ3v) is 1.76. The Bertz CT molecular complexity index is 96.9. The molecule has 0 aromatic rings. The maximum atomic E-state index is 4.78. The average molecular weight is 222 g/mol. The molecule has 0 heterocycles. The molecule has 0 saturated carbocycles. The third-order valence-electron chi connectivity index (χ3n) is 1.76. The van der Waals surface area contributed by atoms with Crippen molar-refractivity contribution in [3.63, 3.8) is 0 Å². The molecule has 0 aromatic heterocycles. The minimum atomic E-state index is 0.778. The summed E-state index contributed by atoms with van der Waals surface area (Å²) in [7, 11) is 5.04. The van der Waals surface area contributed by atoms with Gasteiger partial charge >= 0.3 is 0 Å². The quantitative estimate of drug-likeness (QED) is 0.276. The number of rotatable bonds is 7. The molecule has 0 rings (SSSR count). The van der Waals surface area contributed by atoms with Gasteiger partial charge in [-0.1, -0.05) is 18.9 Å². The van der Waals surface area contributed by atoms with Crippen molar-refractivity contribution < 1.29 is 0 Å². The van der Waals surface area contributed by atoms with E-state index in [9.17, 15) is 0 Å². The van der Waals surface area contributed by atoms with Crippen molar-refractivity contribution in [3.8, 4) is 0 Å². The van der Waals surface area contributed by atoms with Gasteiger partial charge in [-0.15, -0.1) is 6.58 Å². The molecule has 0 spiro atoms. The zero-order valence-corrected chi connectivity index (χ0v) is 12.1. The van der Waals surface area contributed by atoms with E-state index in [4.69, 9.17) is 11.1 Å². The van der Waals surface area contributed by atoms with Crippen molar-refractivity contribution in [1.29, 1.82) is 0 Å². The molecule has 0 atom stereocenters. The van der Waals surface area contributed by atoms with Gasteiger partial charge in [0.05, 0.1) is 0 Å². The van der Waals surface area contributed by atoms with Crippen molar-refractivity contribution in [2.45, 2.75) is 32.1 Å². The van der Waals surface area contributed by atoms with Crippen molar-refractivity contribution >= 4 is 20.6 Å². The zero-order chi connectivity index (χ0) is 10.5. The molecule has 80 valence electrons. The van der Waals surface area contributed by atoms with Gasteiger partial charge < -0.3 is 4.90 Å². The highest BCUT2D eigenvalue weighted by Gasteiger charge is 1.90. The van der Waals surface area contributed by atoms with E-state index < -0.39 is 0 Å². The second-order valence-corrected chi connectivity index (χ2v) is 3.29. The highest BCUT2D eigenvalue weighted by atomic mass is 35.6. The van der Waals surface area contributed by atoms with Crippen LogP contribution >= 0.6 is 11.1 Å². The standard InChI is InChI=1S/C10H21N.ClH3Si/c1-4-5-6-7-8-9-10-11(2)3;1-2/h4H,1,5-10H2,2-3H3;2H3. The first-order chi connectivity index (χ1) is 6.27. The fraction of sp³-hybridized carbons (Fsp3) is 0.800. The molecule has 0 saturated heterocycles. The van der Waals surface area contributed by atoms with Gasteiger partial charge in [0.1, 0.15) is 9.55 Å². The van der Waals surface area contributed by atoms with Crippen LogP contribution in [0.25, 0.3) is 0 Å². The first kappa shape index (κ1) is 15.7. The number of hydrogen-bond acceptors (Lipinski definition) is 1. The number of unbranched alkanes of at least 4 members (excludes halogenated alkanes) is 4. The molecule has 3 heteroatoms. The average Bonchev–Trinajstić information content (AvgIpc) is 2.14. The monoisotopic (exact) mass is 221 g/mol. The second kappa shape index (κ2) is 14.7. The molecule has 0 aliphatic carbocycles. The molecular weight excluding hydrogens is 198 g/mol. The Balaban J connectivity index is 0. The first-order valence-electron chi connectivity index (χ1n) is 4.91. The van der Waals surface area contributed by atoms with Crippen LogP contribution in [-0.2, 0) is 0 Å². The van der Waals surface area contributed by atoms with Crippen LogP contribution in [0.15, 0.2) is 12.7 Å². The molecule has 0 unspecified atom stereocenters. The third kappa shape index (κ3) is 18.9. The van der Waals surface area contributed by atoms with E-state index >= 15 is 0 Å². The maximum Gasteiger partial charge on any atom is 0.109 e. The van der Waals surface area contributed by atoms with Gasteiger partial charge in [-0.25, -0.2) is 0 Å². The van der Waals surface area contributed by atoms with Gasteiger partial charge in [-0.3, -0.25) is 0 Å². The number of nitrogens with zero attached hydrogens (tertiary/aromatic N) is 1. The van der Waals surface area contributed by atoms with Crippen LogP contribution in [0.4, 0.5) is 0 Å². The van der Waals surface area contributed by atoms with Crippen LogP contribution in [0, 0.1) is 0 Å². The smallest absolute Gasteiger partial charge is 0.109 e. The normalized spacial score (nSPS) is 9.54. The van der Waals surface area contributed by atoms with Crippen molar-refractivity contribution in [2.24, 2.45) is 0 Å². The van der Waals surface area contributed by atoms with Crippen molar-refractivity contribution in [1.82, 2.24) is 4.90 Å². The largest absolute Gasteiger partial charge is 0.309 e. The fourth-order valence-corrected chi connectivity index (χ4v) is 1.07. The minimum Gasteiger partial charge on any atom is -0.309 e. The number of hydrogen-bond donors (Lipinski definition) is 0. The van der Waals surface area contributed by atoms with Crippen LogP contribution in [0.2, 0.25) is 0 Å². The summed E-state index contributed by atoms with van der Waals surface area (Å²) in [4.78, 5) is 2.24. The molecule has 0 aliphatic rings. The molecule has 1 nitrogen and oxygen atoms in total. The van der Waals surface area contributed by atoms with E-state index in [1.54, 1.807) is 0 Å². The van der Waals surface area contributed by atoms with Gasteiger partial charge in [0.15, 0.2) is 0 Å². The molecule has 0 bridgehead atoms. The van der Waals surface area contributed by atoms with Crippen LogP contribution in [0.5, 0.6) is 0 Å². The summed E-state index contributed by atoms with van der Waals surface area (Å²) < 4.78 is 0. The molecule has 0 amide bonds. The van der Waals surface area contributed by atoms with Crippen LogP contribution in [0.1, 0.15) is 32.1 Å². The lowest BCUT2D eigenvalue weighted by Gasteiger charge is -2.07. The van der Waals surface area contributed by atoms with Gasteiger partial charge in [0.25, 0.3) is 0 Å². The number of halogens is 1. The molecule has 0 aromatic carbocycles. The summed E-state index contributed by atoms with van der Waals surface area (Å²) in [6.07, 6.45) is 8.57. The molecule has 13 heavy (non-hydrogen) atoms. The lowest BCUT2D eigenvalue weighted by atomic mass is 10.1. The van der Waals surface area contributed by atoms with Crippen LogP contribution in [-0.4, -0.2) is 35.1 Å². The summed E-state index contributed by atoms with van der Waals surface area (Å²) in [6, 6.07) is 0. The molecule has 0 N–H and O–H groups in total. The molecule has 0 radical (unpaired) electrons. The SMILES string of the molecule is C=CCCCCCCN(C)C.[SiH3]Cl. The van der Waals surface area contributed by atoms with E-state index in [-0.39, 0.29) is 0 Å². The fourth-order valence-electron chi connectivity index (χ4n) is 1.07. The van der Waals surface area contributed by atoms with Gasteiger partial charge in [0.2, 0.25) is 0 Å². The van der Waals surface area contributed by atoms with Crippen LogP contribution in [0.3, 0.4) is 0 Å². The van der Waals surface area contributed by atoms with E-state index in [1.165, 1.54) is 38.6 Å². The summed E-state index contributed by atoms with van der Waals surface area (Å²) in [5.74, 6) is 0. The summed E-state index contributed by atoms with van der Waals surface area (Å²) in [5, 5.41) is 0. The molecular formula is C10H24ClNSi. The Kier molecular flexibility index (Phi) is 17.7. The Labute approximate surface area is 91.3 Å². The van der Waals surface area contributed by atoms with Gasteiger partial charge in [-0.2, -0.15) is 11.1 Å². The lowest BCUT2D eigenvalue weighted by Crippen LogP contribution is -2.12. The minimum absolute atomic E-state index is 0.778. The van der Waals surface area contributed by atoms with Crippen molar-refractivity contribution in [2.75, 3.05) is 20.6 Å². The van der Waals surface area contributed by atoms with Crippen molar-refractivity contribution in [3.05, 3.63) is 12.7 Å². The summed E-state index contributed by atoms with van der Waals surface area (Å²) in [5.41, 5.74) is 0. The lowest BCUT2D eigenvalue weighted by molar-refractivity contribution is 0.390. The topological polar surface area (TPSA) is 3.24 Å². The highest BCUT2D eigenvalue weighted by molar-refractivity contribution is 6.80. The predicted molar refractivity (Wildman–Crippen MR) is 67.6 cm³/mol.